The van der Waals surface area contributed by atoms with Gasteiger partial charge in [0.05, 0.1) is 11.8 Å². The maximum atomic E-state index is 12.6. The maximum absolute atomic E-state index is 12.6. The molecule has 1 amide bonds. The zero-order valence-electron chi connectivity index (χ0n) is 16.0. The van der Waals surface area contributed by atoms with Crippen LogP contribution in [-0.2, 0) is 4.79 Å². The van der Waals surface area contributed by atoms with E-state index in [0.29, 0.717) is 23.7 Å². The summed E-state index contributed by atoms with van der Waals surface area (Å²) in [6, 6.07) is 5.93. The van der Waals surface area contributed by atoms with E-state index in [1.807, 2.05) is 36.9 Å². The van der Waals surface area contributed by atoms with Crippen LogP contribution in [0.4, 0.5) is 0 Å². The Morgan fingerprint density at radius 3 is 2.41 bits per heavy atom. The fourth-order valence-electron chi connectivity index (χ4n) is 6.12. The van der Waals surface area contributed by atoms with Crippen LogP contribution in [0.1, 0.15) is 57.1 Å². The third-order valence-corrected chi connectivity index (χ3v) is 8.45. The third-order valence-electron chi connectivity index (χ3n) is 6.94. The zero-order valence-corrected chi connectivity index (χ0v) is 16.9. The second-order valence-corrected chi connectivity index (χ2v) is 10.5. The predicted molar refractivity (Wildman–Crippen MR) is 107 cm³/mol. The fourth-order valence-corrected chi connectivity index (χ4v) is 7.70. The highest BCUT2D eigenvalue weighted by Gasteiger charge is 2.51. The molecule has 0 aromatic heterocycles. The second-order valence-electron chi connectivity index (χ2n) is 9.08. The minimum Gasteiger partial charge on any atom is -0.486 e. The molecular weight excluding hydrogens is 358 g/mol. The van der Waals surface area contributed by atoms with Gasteiger partial charge in [-0.1, -0.05) is 6.07 Å². The smallest absolute Gasteiger partial charge is 0.230 e. The van der Waals surface area contributed by atoms with Crippen LogP contribution in [0.3, 0.4) is 0 Å². The average molecular weight is 388 g/mol. The fraction of sp³-hybridized carbons (Fsp3) is 0.682. The lowest BCUT2D eigenvalue weighted by Crippen LogP contribution is -2.49. The standard InChI is InChI=1S/C22H29NO3S/c1-14(18-2-3-19-20(9-18)26-5-4-25-19)23-21(24)13-27-22-10-15-6-16(11-22)8-17(7-15)12-22/h2-3,9,14-17H,4-8,10-13H2,1H3,(H,23,24). The summed E-state index contributed by atoms with van der Waals surface area (Å²) in [6.45, 7) is 3.22. The SMILES string of the molecule is CC(NC(=O)CSC12CC3CC(CC(C3)C1)C2)c1ccc2c(c1)OCCO2. The van der Waals surface area contributed by atoms with Crippen molar-refractivity contribution in [2.75, 3.05) is 19.0 Å². The summed E-state index contributed by atoms with van der Waals surface area (Å²) in [4.78, 5) is 12.6. The number of rotatable bonds is 5. The van der Waals surface area contributed by atoms with Crippen molar-refractivity contribution in [3.8, 4) is 11.5 Å². The van der Waals surface area contributed by atoms with E-state index in [4.69, 9.17) is 9.47 Å². The minimum atomic E-state index is -0.0229. The minimum absolute atomic E-state index is 0.0229. The van der Waals surface area contributed by atoms with E-state index in [2.05, 4.69) is 5.32 Å². The Balaban J connectivity index is 1.17. The third kappa shape index (κ3) is 3.55. The summed E-state index contributed by atoms with van der Waals surface area (Å²) >= 11 is 1.95. The van der Waals surface area contributed by atoms with E-state index >= 15 is 0 Å². The molecule has 6 rings (SSSR count). The molecule has 5 heteroatoms. The van der Waals surface area contributed by atoms with Crippen LogP contribution in [0, 0.1) is 17.8 Å². The van der Waals surface area contributed by atoms with Crippen molar-refractivity contribution in [3.63, 3.8) is 0 Å². The summed E-state index contributed by atoms with van der Waals surface area (Å²) < 4.78 is 11.6. The molecule has 1 N–H and O–H groups in total. The van der Waals surface area contributed by atoms with Gasteiger partial charge in [-0.3, -0.25) is 4.79 Å². The van der Waals surface area contributed by atoms with E-state index in [0.717, 1.165) is 34.8 Å². The Hall–Kier alpha value is -1.36. The number of amides is 1. The van der Waals surface area contributed by atoms with Crippen LogP contribution in [0.15, 0.2) is 18.2 Å². The first-order valence-electron chi connectivity index (χ1n) is 10.4. The average Bonchev–Trinajstić information content (AvgIpc) is 2.65. The highest BCUT2D eigenvalue weighted by atomic mass is 32.2. The molecule has 1 aliphatic heterocycles. The van der Waals surface area contributed by atoms with Gasteiger partial charge in [0.1, 0.15) is 13.2 Å². The summed E-state index contributed by atoms with van der Waals surface area (Å²) in [5.41, 5.74) is 1.06. The molecule has 27 heavy (non-hydrogen) atoms. The Kier molecular flexibility index (Phi) is 4.53. The number of thioether (sulfide) groups is 1. The molecule has 5 aliphatic rings. The highest BCUT2D eigenvalue weighted by Crippen LogP contribution is 2.60. The summed E-state index contributed by atoms with van der Waals surface area (Å²) in [5, 5.41) is 3.18. The molecule has 4 aliphatic carbocycles. The maximum Gasteiger partial charge on any atom is 0.230 e. The van der Waals surface area contributed by atoms with Crippen LogP contribution in [0.25, 0.3) is 0 Å². The molecule has 0 radical (unpaired) electrons. The van der Waals surface area contributed by atoms with Crippen molar-refractivity contribution in [1.82, 2.24) is 5.32 Å². The zero-order chi connectivity index (χ0) is 18.4. The largest absolute Gasteiger partial charge is 0.486 e. The van der Waals surface area contributed by atoms with Crippen molar-refractivity contribution < 1.29 is 14.3 Å². The van der Waals surface area contributed by atoms with E-state index in [9.17, 15) is 4.79 Å². The second kappa shape index (κ2) is 6.91. The van der Waals surface area contributed by atoms with Crippen LogP contribution in [0.2, 0.25) is 0 Å². The Morgan fingerprint density at radius 1 is 1.11 bits per heavy atom. The van der Waals surface area contributed by atoms with Crippen LogP contribution >= 0.6 is 11.8 Å². The molecule has 1 unspecified atom stereocenters. The highest BCUT2D eigenvalue weighted by molar-refractivity contribution is 8.01. The van der Waals surface area contributed by atoms with Gasteiger partial charge < -0.3 is 14.8 Å². The number of hydrogen-bond acceptors (Lipinski definition) is 4. The van der Waals surface area contributed by atoms with Gasteiger partial charge in [-0.05, 0) is 80.9 Å². The predicted octanol–water partition coefficient (Wildman–Crippen LogP) is 4.34. The first-order chi connectivity index (χ1) is 13.1. The van der Waals surface area contributed by atoms with Gasteiger partial charge in [-0.2, -0.15) is 0 Å². The van der Waals surface area contributed by atoms with E-state index < -0.39 is 0 Å². The molecule has 0 spiro atoms. The van der Waals surface area contributed by atoms with Crippen molar-refractivity contribution in [1.29, 1.82) is 0 Å². The number of benzene rings is 1. The lowest BCUT2D eigenvalue weighted by molar-refractivity contribution is -0.119. The monoisotopic (exact) mass is 387 g/mol. The molecule has 4 saturated carbocycles. The number of carbonyl (C=O) groups excluding carboxylic acids is 1. The Labute approximate surface area is 165 Å². The molecule has 4 nitrogen and oxygen atoms in total. The van der Waals surface area contributed by atoms with Crippen LogP contribution in [0.5, 0.6) is 11.5 Å². The van der Waals surface area contributed by atoms with Gasteiger partial charge in [-0.25, -0.2) is 0 Å². The number of ether oxygens (including phenoxy) is 2. The summed E-state index contributed by atoms with van der Waals surface area (Å²) in [5.74, 6) is 5.11. The molecule has 1 aromatic carbocycles. The topological polar surface area (TPSA) is 47.6 Å². The summed E-state index contributed by atoms with van der Waals surface area (Å²) in [7, 11) is 0. The molecule has 0 saturated heterocycles. The van der Waals surface area contributed by atoms with E-state index in [1.165, 1.54) is 38.5 Å². The first kappa shape index (κ1) is 17.7. The van der Waals surface area contributed by atoms with Crippen molar-refractivity contribution in [2.24, 2.45) is 17.8 Å². The van der Waals surface area contributed by atoms with Crippen LogP contribution in [-0.4, -0.2) is 29.6 Å². The molecule has 1 atom stereocenters. The molecular formula is C22H29NO3S. The van der Waals surface area contributed by atoms with Gasteiger partial charge in [0.25, 0.3) is 0 Å². The number of hydrogen-bond donors (Lipinski definition) is 1. The number of fused-ring (bicyclic) bond motifs is 1. The van der Waals surface area contributed by atoms with Gasteiger partial charge >= 0.3 is 0 Å². The lowest BCUT2D eigenvalue weighted by Gasteiger charge is -2.56. The van der Waals surface area contributed by atoms with Gasteiger partial charge in [0, 0.05) is 4.75 Å². The van der Waals surface area contributed by atoms with E-state index in [-0.39, 0.29) is 11.9 Å². The number of carbonyl (C=O) groups is 1. The van der Waals surface area contributed by atoms with Gasteiger partial charge in [-0.15, -0.1) is 11.8 Å². The summed E-state index contributed by atoms with van der Waals surface area (Å²) in [6.07, 6.45) is 8.38. The Morgan fingerprint density at radius 2 is 1.74 bits per heavy atom. The van der Waals surface area contributed by atoms with Crippen LogP contribution < -0.4 is 14.8 Å². The first-order valence-corrected chi connectivity index (χ1v) is 11.4. The quantitative estimate of drug-likeness (QED) is 0.817. The molecule has 146 valence electrons. The Bertz CT molecular complexity index is 699. The van der Waals surface area contributed by atoms with Crippen molar-refractivity contribution in [2.45, 2.75) is 56.2 Å². The van der Waals surface area contributed by atoms with Crippen molar-refractivity contribution in [3.05, 3.63) is 23.8 Å². The normalized spacial score (nSPS) is 34.3. The van der Waals surface area contributed by atoms with E-state index in [1.54, 1.807) is 0 Å². The molecule has 1 aromatic rings. The lowest BCUT2D eigenvalue weighted by atomic mass is 9.56. The molecule has 4 fully saturated rings. The van der Waals surface area contributed by atoms with Crippen molar-refractivity contribution >= 4 is 17.7 Å². The molecule has 4 bridgehead atoms. The number of nitrogens with one attached hydrogen (secondary N) is 1. The van der Waals surface area contributed by atoms with Gasteiger partial charge in [0.15, 0.2) is 11.5 Å². The molecule has 1 heterocycles. The van der Waals surface area contributed by atoms with Gasteiger partial charge in [0.2, 0.25) is 5.91 Å².